The first kappa shape index (κ1) is 15.4. The first-order chi connectivity index (χ1) is 12.6. The Labute approximate surface area is 153 Å². The number of hydrogen-bond acceptors (Lipinski definition) is 3. The molecule has 0 spiro atoms. The number of fused-ring (bicyclic) bond motifs is 3. The molecule has 0 saturated heterocycles. The van der Waals surface area contributed by atoms with Crippen molar-refractivity contribution < 1.29 is 10.2 Å². The van der Waals surface area contributed by atoms with Crippen LogP contribution in [0.2, 0.25) is 0 Å². The minimum absolute atomic E-state index is 0.180. The highest BCUT2D eigenvalue weighted by Gasteiger charge is 2.56. The molecule has 2 aromatic rings. The Morgan fingerprint density at radius 1 is 1.15 bits per heavy atom. The number of benzene rings is 1. The summed E-state index contributed by atoms with van der Waals surface area (Å²) < 4.78 is 2.23. The molecule has 4 saturated carbocycles. The van der Waals surface area contributed by atoms with E-state index in [0.29, 0.717) is 23.7 Å². The van der Waals surface area contributed by atoms with E-state index in [1.54, 1.807) is 0 Å². The van der Waals surface area contributed by atoms with Gasteiger partial charge in [-0.05, 0) is 67.8 Å². The van der Waals surface area contributed by atoms with Crippen molar-refractivity contribution in [1.29, 1.82) is 0 Å². The number of hydrogen-bond donors (Lipinski definition) is 2. The van der Waals surface area contributed by atoms with Gasteiger partial charge in [0.15, 0.2) is 0 Å². The fourth-order valence-corrected chi connectivity index (χ4v) is 7.21. The van der Waals surface area contributed by atoms with Crippen LogP contribution in [0.3, 0.4) is 0 Å². The van der Waals surface area contributed by atoms with E-state index in [1.807, 2.05) is 12.5 Å². The van der Waals surface area contributed by atoms with Crippen LogP contribution in [-0.4, -0.2) is 31.5 Å². The second kappa shape index (κ2) is 5.20. The van der Waals surface area contributed by atoms with Gasteiger partial charge in [-0.2, -0.15) is 0 Å². The molecule has 1 aromatic heterocycles. The minimum atomic E-state index is -0.426. The number of aliphatic hydroxyl groups excluding tert-OH is 1. The van der Waals surface area contributed by atoms with Crippen LogP contribution >= 0.6 is 0 Å². The maximum atomic E-state index is 11.3. The van der Waals surface area contributed by atoms with Crippen molar-refractivity contribution in [2.24, 2.45) is 23.7 Å². The van der Waals surface area contributed by atoms with E-state index in [1.165, 1.54) is 24.0 Å². The van der Waals surface area contributed by atoms with Gasteiger partial charge >= 0.3 is 0 Å². The Kier molecular flexibility index (Phi) is 3.08. The zero-order valence-corrected chi connectivity index (χ0v) is 15.0. The predicted molar refractivity (Wildman–Crippen MR) is 98.4 cm³/mol. The molecule has 2 N–H and O–H groups in total. The highest BCUT2D eigenvalue weighted by molar-refractivity contribution is 5.68. The molecule has 4 heteroatoms. The van der Waals surface area contributed by atoms with Crippen LogP contribution in [0, 0.1) is 23.7 Å². The largest absolute Gasteiger partial charge is 0.393 e. The molecule has 0 amide bonds. The number of aliphatic hydroxyl groups is 2. The maximum Gasteiger partial charge on any atom is 0.0956 e. The van der Waals surface area contributed by atoms with Gasteiger partial charge < -0.3 is 14.8 Å². The van der Waals surface area contributed by atoms with Crippen LogP contribution in [-0.2, 0) is 0 Å². The van der Waals surface area contributed by atoms with Crippen LogP contribution in [0.15, 0.2) is 36.8 Å². The second-order valence-corrected chi connectivity index (χ2v) is 9.36. The summed E-state index contributed by atoms with van der Waals surface area (Å²) in [6, 6.07) is 8.70. The van der Waals surface area contributed by atoms with Crippen molar-refractivity contribution in [3.8, 4) is 11.3 Å². The van der Waals surface area contributed by atoms with E-state index in [0.717, 1.165) is 31.4 Å². The summed E-state index contributed by atoms with van der Waals surface area (Å²) >= 11 is 0. The van der Waals surface area contributed by atoms with Crippen molar-refractivity contribution in [2.75, 3.05) is 0 Å². The summed E-state index contributed by atoms with van der Waals surface area (Å²) in [6.07, 6.45) is 9.50. The molecule has 4 aliphatic carbocycles. The Balaban J connectivity index is 1.30. The Hall–Kier alpha value is -1.65. The third-order valence-electron chi connectivity index (χ3n) is 7.82. The fraction of sp³-hybridized carbons (Fsp3) is 0.591. The number of aromatic nitrogens is 2. The quantitative estimate of drug-likeness (QED) is 0.892. The standard InChI is InChI=1S/C22H26N2O2/c25-20(21-14-5-13-6-15(21)10-22(26,8-13)9-14)7-18-16-3-1-2-4-17(16)19-11-23-12-24(18)19/h1-4,11-15,18,20-21,25-26H,5-10H2/t13?,14?,15?,18-,20-,21?,22?/m1/s1. The predicted octanol–water partition coefficient (Wildman–Crippen LogP) is 3.39. The van der Waals surface area contributed by atoms with E-state index < -0.39 is 5.60 Å². The summed E-state index contributed by atoms with van der Waals surface area (Å²) in [6.45, 7) is 0. The van der Waals surface area contributed by atoms with Crippen molar-refractivity contribution in [3.05, 3.63) is 42.4 Å². The lowest BCUT2D eigenvalue weighted by Crippen LogP contribution is -2.57. The summed E-state index contributed by atoms with van der Waals surface area (Å²) in [5.41, 5.74) is 3.30. The molecule has 4 fully saturated rings. The maximum absolute atomic E-state index is 11.3. The molecule has 4 bridgehead atoms. The van der Waals surface area contributed by atoms with E-state index in [2.05, 4.69) is 33.8 Å². The molecule has 2 heterocycles. The van der Waals surface area contributed by atoms with E-state index in [-0.39, 0.29) is 12.1 Å². The van der Waals surface area contributed by atoms with Gasteiger partial charge in [0.25, 0.3) is 0 Å². The normalized spacial score (nSPS) is 40.5. The third kappa shape index (κ3) is 2.06. The molecule has 2 unspecified atom stereocenters. The number of rotatable bonds is 3. The van der Waals surface area contributed by atoms with Crippen molar-refractivity contribution in [3.63, 3.8) is 0 Å². The average molecular weight is 350 g/mol. The fourth-order valence-electron chi connectivity index (χ4n) is 7.21. The molecule has 1 aliphatic heterocycles. The molecule has 136 valence electrons. The lowest BCUT2D eigenvalue weighted by atomic mass is 9.49. The highest BCUT2D eigenvalue weighted by Crippen LogP contribution is 2.59. The van der Waals surface area contributed by atoms with E-state index in [4.69, 9.17) is 0 Å². The van der Waals surface area contributed by atoms with Crippen LogP contribution in [0.1, 0.15) is 50.1 Å². The van der Waals surface area contributed by atoms with Gasteiger partial charge in [-0.1, -0.05) is 24.3 Å². The molecule has 5 aliphatic rings. The average Bonchev–Trinajstić information content (AvgIpc) is 3.16. The molecule has 7 rings (SSSR count). The van der Waals surface area contributed by atoms with Crippen LogP contribution < -0.4 is 0 Å². The van der Waals surface area contributed by atoms with Gasteiger partial charge in [-0.15, -0.1) is 0 Å². The first-order valence-corrected chi connectivity index (χ1v) is 10.1. The van der Waals surface area contributed by atoms with Gasteiger partial charge in [0, 0.05) is 5.56 Å². The van der Waals surface area contributed by atoms with Crippen LogP contribution in [0.25, 0.3) is 11.3 Å². The van der Waals surface area contributed by atoms with Gasteiger partial charge in [-0.3, -0.25) is 0 Å². The zero-order valence-electron chi connectivity index (χ0n) is 15.0. The SMILES string of the molecule is O[C@H](C[C@@H]1c2ccccc2-c2cncn21)C1C2CC3CC1CC(O)(C3)C2. The number of nitrogens with zero attached hydrogens (tertiary/aromatic N) is 2. The summed E-state index contributed by atoms with van der Waals surface area (Å²) in [5, 5.41) is 22.1. The van der Waals surface area contributed by atoms with Gasteiger partial charge in [0.05, 0.1) is 36.0 Å². The first-order valence-electron chi connectivity index (χ1n) is 10.1. The lowest BCUT2D eigenvalue weighted by molar-refractivity contribution is -0.174. The number of imidazole rings is 1. The topological polar surface area (TPSA) is 58.3 Å². The van der Waals surface area contributed by atoms with Crippen molar-refractivity contribution >= 4 is 0 Å². The molecule has 26 heavy (non-hydrogen) atoms. The van der Waals surface area contributed by atoms with Gasteiger partial charge in [-0.25, -0.2) is 4.98 Å². The lowest BCUT2D eigenvalue weighted by Gasteiger charge is -2.59. The molecule has 0 radical (unpaired) electrons. The summed E-state index contributed by atoms with van der Waals surface area (Å²) in [4.78, 5) is 4.34. The molecular weight excluding hydrogens is 324 g/mol. The molecular formula is C22H26N2O2. The molecule has 1 aromatic carbocycles. The smallest absolute Gasteiger partial charge is 0.0956 e. The van der Waals surface area contributed by atoms with Gasteiger partial charge in [0.1, 0.15) is 0 Å². The molecule has 4 atom stereocenters. The third-order valence-corrected chi connectivity index (χ3v) is 7.82. The Bertz CT molecular complexity index is 843. The van der Waals surface area contributed by atoms with Crippen LogP contribution in [0.5, 0.6) is 0 Å². The summed E-state index contributed by atoms with van der Waals surface area (Å²) in [7, 11) is 0. The Morgan fingerprint density at radius 2 is 1.92 bits per heavy atom. The van der Waals surface area contributed by atoms with E-state index in [9.17, 15) is 10.2 Å². The van der Waals surface area contributed by atoms with Crippen LogP contribution in [0.4, 0.5) is 0 Å². The van der Waals surface area contributed by atoms with E-state index >= 15 is 0 Å². The Morgan fingerprint density at radius 3 is 2.69 bits per heavy atom. The molecule has 4 nitrogen and oxygen atoms in total. The second-order valence-electron chi connectivity index (χ2n) is 9.36. The van der Waals surface area contributed by atoms with Crippen molar-refractivity contribution in [1.82, 2.24) is 9.55 Å². The highest BCUT2D eigenvalue weighted by atomic mass is 16.3. The zero-order chi connectivity index (χ0) is 17.5. The summed E-state index contributed by atoms with van der Waals surface area (Å²) in [5.74, 6) is 2.04. The van der Waals surface area contributed by atoms with Crippen molar-refractivity contribution in [2.45, 2.75) is 56.3 Å². The minimum Gasteiger partial charge on any atom is -0.393 e. The van der Waals surface area contributed by atoms with Gasteiger partial charge in [0.2, 0.25) is 0 Å². The monoisotopic (exact) mass is 350 g/mol.